The second-order valence-corrected chi connectivity index (χ2v) is 4.29. The summed E-state index contributed by atoms with van der Waals surface area (Å²) < 4.78 is 0. The van der Waals surface area contributed by atoms with E-state index in [9.17, 15) is 4.79 Å². The van der Waals surface area contributed by atoms with Crippen molar-refractivity contribution in [3.63, 3.8) is 0 Å². The first-order valence-electron chi connectivity index (χ1n) is 5.78. The van der Waals surface area contributed by atoms with Crippen molar-refractivity contribution in [3.8, 4) is 0 Å². The lowest BCUT2D eigenvalue weighted by Gasteiger charge is -2.34. The van der Waals surface area contributed by atoms with Gasteiger partial charge >= 0.3 is 5.97 Å². The zero-order valence-electron chi connectivity index (χ0n) is 9.30. The fourth-order valence-corrected chi connectivity index (χ4v) is 2.41. The zero-order valence-corrected chi connectivity index (χ0v) is 9.30. The van der Waals surface area contributed by atoms with Gasteiger partial charge in [-0.2, -0.15) is 0 Å². The molecule has 1 aliphatic heterocycles. The first-order valence-corrected chi connectivity index (χ1v) is 5.78. The molecule has 3 heteroatoms. The lowest BCUT2D eigenvalue weighted by Crippen LogP contribution is -2.37. The van der Waals surface area contributed by atoms with Crippen molar-refractivity contribution >= 4 is 5.97 Å². The third kappa shape index (κ3) is 2.61. The smallest absolute Gasteiger partial charge is 0.317 e. The van der Waals surface area contributed by atoms with Crippen LogP contribution in [0, 0.1) is 0 Å². The second-order valence-electron chi connectivity index (χ2n) is 4.29. The van der Waals surface area contributed by atoms with Crippen LogP contribution in [0.15, 0.2) is 30.3 Å². The van der Waals surface area contributed by atoms with Gasteiger partial charge in [0.25, 0.3) is 0 Å². The van der Waals surface area contributed by atoms with Gasteiger partial charge in [0, 0.05) is 6.04 Å². The number of hydrogen-bond acceptors (Lipinski definition) is 2. The van der Waals surface area contributed by atoms with Crippen LogP contribution in [0.25, 0.3) is 0 Å². The van der Waals surface area contributed by atoms with Gasteiger partial charge in [-0.25, -0.2) is 0 Å². The minimum atomic E-state index is -0.733. The summed E-state index contributed by atoms with van der Waals surface area (Å²) in [4.78, 5) is 12.9. The summed E-state index contributed by atoms with van der Waals surface area (Å²) >= 11 is 0. The highest BCUT2D eigenvalue weighted by Crippen LogP contribution is 2.30. The van der Waals surface area contributed by atoms with Gasteiger partial charge in [0.2, 0.25) is 0 Å². The van der Waals surface area contributed by atoms with Gasteiger partial charge in [0.1, 0.15) is 0 Å². The summed E-state index contributed by atoms with van der Waals surface area (Å²) in [6.07, 6.45) is 3.36. The predicted molar refractivity (Wildman–Crippen MR) is 62.2 cm³/mol. The molecule has 16 heavy (non-hydrogen) atoms. The largest absolute Gasteiger partial charge is 0.480 e. The number of carboxylic acid groups (broad SMARTS) is 1. The van der Waals surface area contributed by atoms with E-state index in [1.807, 2.05) is 18.2 Å². The van der Waals surface area contributed by atoms with E-state index in [0.29, 0.717) is 0 Å². The molecule has 0 spiro atoms. The topological polar surface area (TPSA) is 40.5 Å². The Labute approximate surface area is 95.7 Å². The highest BCUT2D eigenvalue weighted by molar-refractivity contribution is 5.69. The molecular formula is C13H17NO2. The van der Waals surface area contributed by atoms with Gasteiger partial charge in [-0.15, -0.1) is 0 Å². The van der Waals surface area contributed by atoms with E-state index in [0.717, 1.165) is 19.4 Å². The normalized spacial score (nSPS) is 21.9. The van der Waals surface area contributed by atoms with Gasteiger partial charge in [-0.1, -0.05) is 36.8 Å². The number of nitrogens with zero attached hydrogens (tertiary/aromatic N) is 1. The molecule has 1 aliphatic rings. The van der Waals surface area contributed by atoms with Crippen LogP contribution in [0.3, 0.4) is 0 Å². The number of aliphatic carboxylic acids is 1. The minimum Gasteiger partial charge on any atom is -0.480 e. The Bertz CT molecular complexity index is 350. The van der Waals surface area contributed by atoms with Crippen molar-refractivity contribution in [1.29, 1.82) is 0 Å². The Morgan fingerprint density at radius 2 is 2.06 bits per heavy atom. The van der Waals surface area contributed by atoms with Gasteiger partial charge in [0.05, 0.1) is 6.54 Å². The van der Waals surface area contributed by atoms with E-state index in [-0.39, 0.29) is 12.6 Å². The molecule has 2 rings (SSSR count). The van der Waals surface area contributed by atoms with Crippen molar-refractivity contribution in [1.82, 2.24) is 4.90 Å². The summed E-state index contributed by atoms with van der Waals surface area (Å²) in [6, 6.07) is 10.5. The molecule has 86 valence electrons. The number of rotatable bonds is 3. The van der Waals surface area contributed by atoms with Gasteiger partial charge < -0.3 is 5.11 Å². The molecule has 0 radical (unpaired) electrons. The maximum absolute atomic E-state index is 10.8. The second kappa shape index (κ2) is 5.12. The van der Waals surface area contributed by atoms with Crippen molar-refractivity contribution in [2.45, 2.75) is 25.3 Å². The summed E-state index contributed by atoms with van der Waals surface area (Å²) in [5.41, 5.74) is 1.24. The first-order chi connectivity index (χ1) is 7.77. The van der Waals surface area contributed by atoms with Crippen LogP contribution >= 0.6 is 0 Å². The van der Waals surface area contributed by atoms with Crippen LogP contribution in [0.1, 0.15) is 30.9 Å². The molecule has 1 saturated heterocycles. The molecule has 0 amide bonds. The minimum absolute atomic E-state index is 0.152. The third-order valence-electron chi connectivity index (χ3n) is 3.14. The monoisotopic (exact) mass is 219 g/mol. The molecule has 0 aliphatic carbocycles. The maximum Gasteiger partial charge on any atom is 0.317 e. The molecule has 1 N–H and O–H groups in total. The van der Waals surface area contributed by atoms with E-state index in [1.165, 1.54) is 12.0 Å². The Hall–Kier alpha value is -1.35. The lowest BCUT2D eigenvalue weighted by molar-refractivity contribution is -0.139. The molecule has 3 nitrogen and oxygen atoms in total. The summed E-state index contributed by atoms with van der Waals surface area (Å²) in [5, 5.41) is 8.89. The van der Waals surface area contributed by atoms with Crippen molar-refractivity contribution in [2.24, 2.45) is 0 Å². The SMILES string of the molecule is O=C(O)CN1CCCCC1c1ccccc1. The van der Waals surface area contributed by atoms with Crippen LogP contribution in [-0.4, -0.2) is 29.1 Å². The highest BCUT2D eigenvalue weighted by Gasteiger charge is 2.24. The van der Waals surface area contributed by atoms with Crippen LogP contribution in [-0.2, 0) is 4.79 Å². The molecule has 1 aromatic carbocycles. The van der Waals surface area contributed by atoms with Crippen molar-refractivity contribution in [3.05, 3.63) is 35.9 Å². The molecule has 1 unspecified atom stereocenters. The zero-order chi connectivity index (χ0) is 11.4. The number of carbonyl (C=O) groups is 1. The van der Waals surface area contributed by atoms with Crippen LogP contribution < -0.4 is 0 Å². The highest BCUT2D eigenvalue weighted by atomic mass is 16.4. The third-order valence-corrected chi connectivity index (χ3v) is 3.14. The Morgan fingerprint density at radius 3 is 2.75 bits per heavy atom. The molecule has 1 aromatic rings. The van der Waals surface area contributed by atoms with Crippen LogP contribution in [0.5, 0.6) is 0 Å². The van der Waals surface area contributed by atoms with E-state index in [1.54, 1.807) is 0 Å². The standard InChI is InChI=1S/C13H17NO2/c15-13(16)10-14-9-5-4-8-12(14)11-6-2-1-3-7-11/h1-3,6-7,12H,4-5,8-10H2,(H,15,16). The molecule has 0 saturated carbocycles. The number of hydrogen-bond donors (Lipinski definition) is 1. The van der Waals surface area contributed by atoms with Gasteiger partial charge in [0.15, 0.2) is 0 Å². The summed E-state index contributed by atoms with van der Waals surface area (Å²) in [7, 11) is 0. The Kier molecular flexibility index (Phi) is 3.57. The van der Waals surface area contributed by atoms with E-state index in [2.05, 4.69) is 17.0 Å². The lowest BCUT2D eigenvalue weighted by atomic mass is 9.95. The van der Waals surface area contributed by atoms with Gasteiger partial charge in [-0.05, 0) is 24.9 Å². The molecule has 0 bridgehead atoms. The molecule has 1 fully saturated rings. The maximum atomic E-state index is 10.8. The Morgan fingerprint density at radius 1 is 1.31 bits per heavy atom. The van der Waals surface area contributed by atoms with E-state index < -0.39 is 5.97 Å². The molecular weight excluding hydrogens is 202 g/mol. The van der Waals surface area contributed by atoms with Crippen molar-refractivity contribution < 1.29 is 9.90 Å². The summed E-state index contributed by atoms with van der Waals surface area (Å²) in [5.74, 6) is -0.733. The predicted octanol–water partition coefficient (Wildman–Crippen LogP) is 2.30. The van der Waals surface area contributed by atoms with Crippen molar-refractivity contribution in [2.75, 3.05) is 13.1 Å². The van der Waals surface area contributed by atoms with Crippen LogP contribution in [0.4, 0.5) is 0 Å². The van der Waals surface area contributed by atoms with Crippen LogP contribution in [0.2, 0.25) is 0 Å². The fourth-order valence-electron chi connectivity index (χ4n) is 2.41. The average Bonchev–Trinajstić information content (AvgIpc) is 2.30. The number of likely N-dealkylation sites (tertiary alicyclic amines) is 1. The molecule has 0 aromatic heterocycles. The van der Waals surface area contributed by atoms with E-state index >= 15 is 0 Å². The fraction of sp³-hybridized carbons (Fsp3) is 0.462. The quantitative estimate of drug-likeness (QED) is 0.848. The van der Waals surface area contributed by atoms with E-state index in [4.69, 9.17) is 5.11 Å². The number of carboxylic acids is 1. The number of benzene rings is 1. The summed E-state index contributed by atoms with van der Waals surface area (Å²) in [6.45, 7) is 1.05. The Balaban J connectivity index is 2.13. The van der Waals surface area contributed by atoms with Gasteiger partial charge in [-0.3, -0.25) is 9.69 Å². The average molecular weight is 219 g/mol. The molecule has 1 heterocycles. The number of piperidine rings is 1. The molecule has 1 atom stereocenters. The first kappa shape index (κ1) is 11.1.